The Bertz CT molecular complexity index is 377. The molecule has 0 radical (unpaired) electrons. The molecule has 2 N–H and O–H groups in total. The number of methoxy groups -OCH3 is 1. The predicted molar refractivity (Wildman–Crippen MR) is 80.0 cm³/mol. The van der Waals surface area contributed by atoms with Gasteiger partial charge in [0.2, 0.25) is 0 Å². The molecule has 19 heavy (non-hydrogen) atoms. The molecule has 0 bridgehead atoms. The van der Waals surface area contributed by atoms with Gasteiger partial charge in [0.05, 0.1) is 7.11 Å². The molecule has 106 valence electrons. The van der Waals surface area contributed by atoms with Crippen LogP contribution >= 0.6 is 0 Å². The molecule has 1 fully saturated rings. The first-order valence-corrected chi connectivity index (χ1v) is 7.12. The lowest BCUT2D eigenvalue weighted by Gasteiger charge is -2.32. The normalized spacial score (nSPS) is 18.0. The van der Waals surface area contributed by atoms with Crippen LogP contribution in [0.1, 0.15) is 13.3 Å². The van der Waals surface area contributed by atoms with Gasteiger partial charge < -0.3 is 15.4 Å². The molecule has 1 heterocycles. The van der Waals surface area contributed by atoms with Gasteiger partial charge in [-0.15, -0.1) is 0 Å². The van der Waals surface area contributed by atoms with Crippen molar-refractivity contribution in [3.63, 3.8) is 0 Å². The van der Waals surface area contributed by atoms with Crippen LogP contribution < -0.4 is 15.4 Å². The highest BCUT2D eigenvalue weighted by molar-refractivity contribution is 5.48. The zero-order valence-electron chi connectivity index (χ0n) is 12.0. The number of anilines is 1. The van der Waals surface area contributed by atoms with Gasteiger partial charge in [-0.05, 0) is 25.5 Å². The minimum absolute atomic E-state index is 0.639. The summed E-state index contributed by atoms with van der Waals surface area (Å²) in [6, 6.07) is 8.74. The van der Waals surface area contributed by atoms with Crippen LogP contribution in [0.25, 0.3) is 0 Å². The number of hydrogen-bond acceptors (Lipinski definition) is 4. The molecule has 2 rings (SSSR count). The molecule has 1 atom stereocenters. The Balaban J connectivity index is 1.72. The van der Waals surface area contributed by atoms with Gasteiger partial charge in [0.15, 0.2) is 0 Å². The number of ether oxygens (including phenoxy) is 1. The summed E-state index contributed by atoms with van der Waals surface area (Å²) < 4.78 is 5.22. The lowest BCUT2D eigenvalue weighted by molar-refractivity contribution is 0.179. The lowest BCUT2D eigenvalue weighted by atomic mass is 10.1. The summed E-state index contributed by atoms with van der Waals surface area (Å²) in [6.45, 7) is 7.89. The molecule has 1 aromatic carbocycles. The highest BCUT2D eigenvalue weighted by Crippen LogP contribution is 2.16. The zero-order valence-corrected chi connectivity index (χ0v) is 12.0. The van der Waals surface area contributed by atoms with E-state index in [4.69, 9.17) is 4.74 Å². The van der Waals surface area contributed by atoms with Gasteiger partial charge in [-0.1, -0.05) is 6.07 Å². The number of nitrogens with one attached hydrogen (secondary N) is 2. The molecule has 0 aliphatic carbocycles. The van der Waals surface area contributed by atoms with E-state index in [1.807, 2.05) is 18.2 Å². The molecule has 1 saturated heterocycles. The lowest BCUT2D eigenvalue weighted by Crippen LogP contribution is -2.47. The summed E-state index contributed by atoms with van der Waals surface area (Å²) in [5, 5.41) is 6.86. The number of hydrogen-bond donors (Lipinski definition) is 2. The number of piperazine rings is 1. The molecule has 1 aromatic rings. The molecule has 0 saturated carbocycles. The molecule has 0 amide bonds. The summed E-state index contributed by atoms with van der Waals surface area (Å²) in [5.74, 6) is 0.903. The van der Waals surface area contributed by atoms with E-state index in [2.05, 4.69) is 28.5 Å². The standard InChI is InChI=1S/C15H25N3O/c1-13(18-10-8-16-9-11-18)6-7-17-14-4-3-5-15(12-14)19-2/h3-5,12-13,16-17H,6-11H2,1-2H3. The molecule has 0 aromatic heterocycles. The maximum atomic E-state index is 5.22. The highest BCUT2D eigenvalue weighted by Gasteiger charge is 2.15. The van der Waals surface area contributed by atoms with Crippen LogP contribution in [-0.4, -0.2) is 50.8 Å². The Morgan fingerprint density at radius 2 is 2.16 bits per heavy atom. The second kappa shape index (κ2) is 7.36. The fourth-order valence-corrected chi connectivity index (χ4v) is 2.46. The van der Waals surface area contributed by atoms with Crippen LogP contribution in [0.4, 0.5) is 5.69 Å². The molecule has 0 spiro atoms. The Morgan fingerprint density at radius 1 is 1.37 bits per heavy atom. The van der Waals surface area contributed by atoms with Crippen LogP contribution in [0.3, 0.4) is 0 Å². The maximum absolute atomic E-state index is 5.22. The van der Waals surface area contributed by atoms with Crippen molar-refractivity contribution in [1.29, 1.82) is 0 Å². The molecule has 1 unspecified atom stereocenters. The van der Waals surface area contributed by atoms with Crippen molar-refractivity contribution in [1.82, 2.24) is 10.2 Å². The van der Waals surface area contributed by atoms with Gasteiger partial charge in [0.25, 0.3) is 0 Å². The summed E-state index contributed by atoms with van der Waals surface area (Å²) in [5.41, 5.74) is 1.13. The fourth-order valence-electron chi connectivity index (χ4n) is 2.46. The third kappa shape index (κ3) is 4.40. The van der Waals surface area contributed by atoms with Gasteiger partial charge in [-0.2, -0.15) is 0 Å². The third-order valence-electron chi connectivity index (χ3n) is 3.74. The van der Waals surface area contributed by atoms with E-state index in [0.29, 0.717) is 6.04 Å². The second-order valence-corrected chi connectivity index (χ2v) is 5.08. The number of nitrogens with zero attached hydrogens (tertiary/aromatic N) is 1. The van der Waals surface area contributed by atoms with Crippen molar-refractivity contribution in [2.75, 3.05) is 45.2 Å². The average Bonchev–Trinajstić information content (AvgIpc) is 2.48. The van der Waals surface area contributed by atoms with Crippen LogP contribution in [0.2, 0.25) is 0 Å². The minimum atomic E-state index is 0.639. The number of rotatable bonds is 6. The molecule has 1 aliphatic rings. The van der Waals surface area contributed by atoms with Crippen molar-refractivity contribution in [2.24, 2.45) is 0 Å². The Morgan fingerprint density at radius 3 is 2.89 bits per heavy atom. The van der Waals surface area contributed by atoms with Crippen molar-refractivity contribution in [3.8, 4) is 5.75 Å². The molecular formula is C15H25N3O. The van der Waals surface area contributed by atoms with Crippen molar-refractivity contribution in [3.05, 3.63) is 24.3 Å². The van der Waals surface area contributed by atoms with E-state index in [0.717, 1.165) is 37.5 Å². The zero-order chi connectivity index (χ0) is 13.5. The van der Waals surface area contributed by atoms with Crippen LogP contribution in [0, 0.1) is 0 Å². The Kier molecular flexibility index (Phi) is 5.48. The predicted octanol–water partition coefficient (Wildman–Crippen LogP) is 1.79. The maximum Gasteiger partial charge on any atom is 0.120 e. The molecular weight excluding hydrogens is 238 g/mol. The largest absolute Gasteiger partial charge is 0.497 e. The summed E-state index contributed by atoms with van der Waals surface area (Å²) >= 11 is 0. The van der Waals surface area contributed by atoms with Gasteiger partial charge in [-0.25, -0.2) is 0 Å². The fraction of sp³-hybridized carbons (Fsp3) is 0.600. The molecule has 4 heteroatoms. The van der Waals surface area contributed by atoms with Crippen molar-refractivity contribution in [2.45, 2.75) is 19.4 Å². The van der Waals surface area contributed by atoms with Gasteiger partial charge in [-0.3, -0.25) is 4.90 Å². The van der Waals surface area contributed by atoms with Crippen molar-refractivity contribution < 1.29 is 4.74 Å². The van der Waals surface area contributed by atoms with E-state index >= 15 is 0 Å². The molecule has 1 aliphatic heterocycles. The first-order chi connectivity index (χ1) is 9.29. The monoisotopic (exact) mass is 263 g/mol. The van der Waals surface area contributed by atoms with E-state index < -0.39 is 0 Å². The third-order valence-corrected chi connectivity index (χ3v) is 3.74. The van der Waals surface area contributed by atoms with Crippen LogP contribution in [0.15, 0.2) is 24.3 Å². The summed E-state index contributed by atoms with van der Waals surface area (Å²) in [7, 11) is 1.70. The van der Waals surface area contributed by atoms with Crippen molar-refractivity contribution >= 4 is 5.69 Å². The van der Waals surface area contributed by atoms with Crippen LogP contribution in [0.5, 0.6) is 5.75 Å². The van der Waals surface area contributed by atoms with Crippen LogP contribution in [-0.2, 0) is 0 Å². The van der Waals surface area contributed by atoms with Gasteiger partial charge in [0.1, 0.15) is 5.75 Å². The molecule has 4 nitrogen and oxygen atoms in total. The summed E-state index contributed by atoms with van der Waals surface area (Å²) in [6.07, 6.45) is 1.16. The smallest absolute Gasteiger partial charge is 0.120 e. The van der Waals surface area contributed by atoms with E-state index in [-0.39, 0.29) is 0 Å². The Hall–Kier alpha value is -1.26. The summed E-state index contributed by atoms with van der Waals surface area (Å²) in [4.78, 5) is 2.56. The van der Waals surface area contributed by atoms with Gasteiger partial charge >= 0.3 is 0 Å². The first-order valence-electron chi connectivity index (χ1n) is 7.12. The SMILES string of the molecule is COc1cccc(NCCC(C)N2CCNCC2)c1. The Labute approximate surface area is 116 Å². The van der Waals surface area contributed by atoms with E-state index in [1.165, 1.54) is 13.1 Å². The quantitative estimate of drug-likeness (QED) is 0.820. The van der Waals surface area contributed by atoms with Gasteiger partial charge in [0, 0.05) is 50.5 Å². The van der Waals surface area contributed by atoms with E-state index in [9.17, 15) is 0 Å². The minimum Gasteiger partial charge on any atom is -0.497 e. The highest BCUT2D eigenvalue weighted by atomic mass is 16.5. The van der Waals surface area contributed by atoms with E-state index in [1.54, 1.807) is 7.11 Å². The second-order valence-electron chi connectivity index (χ2n) is 5.08. The first kappa shape index (κ1) is 14.2. The average molecular weight is 263 g/mol. The topological polar surface area (TPSA) is 36.5 Å². The number of benzene rings is 1.